The Balaban J connectivity index is 1.30. The molecule has 0 aliphatic heterocycles. The van der Waals surface area contributed by atoms with E-state index in [-0.39, 0.29) is 0 Å². The molecule has 388 valence electrons. The highest BCUT2D eigenvalue weighted by Crippen LogP contribution is 2.59. The monoisotopic (exact) mass is 1020 g/mol. The molecule has 0 unspecified atom stereocenters. The molecule has 0 saturated heterocycles. The Morgan fingerprint density at radius 3 is 0.449 bits per heavy atom. The molecule has 0 heterocycles. The molecule has 4 nitrogen and oxygen atoms in total. The summed E-state index contributed by atoms with van der Waals surface area (Å²) in [5.41, 5.74) is 27.4. The van der Waals surface area contributed by atoms with Gasteiger partial charge in [-0.05, 0) is 195 Å². The van der Waals surface area contributed by atoms with Gasteiger partial charge in [-0.15, -0.1) is 0 Å². The molecule has 0 radical (unpaired) electrons. The minimum Gasteiger partial charge on any atom is -0.308 e. The van der Waals surface area contributed by atoms with Crippen LogP contribution >= 0.6 is 0 Å². The number of hydrogen-bond donors (Lipinski definition) is 0. The van der Waals surface area contributed by atoms with E-state index < -0.39 is 10.8 Å². The minimum absolute atomic E-state index is 0.501. The van der Waals surface area contributed by atoms with Gasteiger partial charge in [0.15, 0.2) is 0 Å². The van der Waals surface area contributed by atoms with Crippen molar-refractivity contribution in [1.29, 1.82) is 0 Å². The van der Waals surface area contributed by atoms with Crippen molar-refractivity contribution in [1.82, 2.24) is 0 Å². The fourth-order valence-corrected chi connectivity index (χ4v) is 12.3. The van der Waals surface area contributed by atoms with Gasteiger partial charge in [0.1, 0.15) is 0 Å². The van der Waals surface area contributed by atoms with Crippen LogP contribution in [0.4, 0.5) is 68.2 Å². The van der Waals surface area contributed by atoms with Crippen LogP contribution in [0.1, 0.15) is 94.5 Å². The first kappa shape index (κ1) is 51.5. The summed E-state index contributed by atoms with van der Waals surface area (Å²) in [5, 5.41) is 0. The summed E-state index contributed by atoms with van der Waals surface area (Å²) in [6.07, 6.45) is 0. The maximum Gasteiger partial charge on any atom is 0.0705 e. The third-order valence-electron chi connectivity index (χ3n) is 16.7. The summed E-state index contributed by atoms with van der Waals surface area (Å²) >= 11 is 0. The molecule has 4 heteroatoms. The van der Waals surface area contributed by atoms with Crippen LogP contribution in [0.15, 0.2) is 218 Å². The maximum atomic E-state index is 2.57. The van der Waals surface area contributed by atoms with E-state index >= 15 is 0 Å². The number of para-hydroxylation sites is 8. The van der Waals surface area contributed by atoms with E-state index in [1.54, 1.807) is 0 Å². The normalized spacial score (nSPS) is 13.1. The van der Waals surface area contributed by atoms with Gasteiger partial charge in [0.05, 0.1) is 22.7 Å². The Kier molecular flexibility index (Phi) is 13.5. The summed E-state index contributed by atoms with van der Waals surface area (Å²) in [5.74, 6) is 0. The SMILES string of the molecule is Cc1ccccc1N(c1ccccc1C)c1cc2c(cc1N(c1ccccc1C)c1ccccc1C)C(C)(C)c1cc(N(c3ccccc3C)c3ccccc3C)c(N(c3ccccc3C)c3ccccc3C)cc1C2(C)C. The van der Waals surface area contributed by atoms with E-state index in [0.717, 1.165) is 68.2 Å². The number of benzene rings is 10. The lowest BCUT2D eigenvalue weighted by Crippen LogP contribution is -2.38. The first-order valence-electron chi connectivity index (χ1n) is 27.6. The Hall–Kier alpha value is -8.60. The van der Waals surface area contributed by atoms with Crippen molar-refractivity contribution in [3.05, 3.63) is 285 Å². The molecular formula is C74H72N4. The number of anilines is 12. The third-order valence-corrected chi connectivity index (χ3v) is 16.7. The Bertz CT molecular complexity index is 3210. The first-order valence-corrected chi connectivity index (χ1v) is 27.6. The molecule has 0 saturated carbocycles. The molecule has 1 aliphatic carbocycles. The van der Waals surface area contributed by atoms with Gasteiger partial charge in [0.25, 0.3) is 0 Å². The predicted molar refractivity (Wildman–Crippen MR) is 334 cm³/mol. The Morgan fingerprint density at radius 2 is 0.321 bits per heavy atom. The van der Waals surface area contributed by atoms with Crippen molar-refractivity contribution >= 4 is 68.2 Å². The van der Waals surface area contributed by atoms with Gasteiger partial charge in [-0.1, -0.05) is 173 Å². The van der Waals surface area contributed by atoms with Gasteiger partial charge >= 0.3 is 0 Å². The second-order valence-electron chi connectivity index (χ2n) is 22.7. The minimum atomic E-state index is -0.501. The van der Waals surface area contributed by atoms with Crippen LogP contribution in [0.2, 0.25) is 0 Å². The van der Waals surface area contributed by atoms with E-state index in [4.69, 9.17) is 0 Å². The van der Waals surface area contributed by atoms with Crippen molar-refractivity contribution in [2.45, 2.75) is 93.9 Å². The highest BCUT2D eigenvalue weighted by Gasteiger charge is 2.45. The molecule has 10 aromatic rings. The van der Waals surface area contributed by atoms with E-state index in [1.165, 1.54) is 66.8 Å². The van der Waals surface area contributed by atoms with Crippen LogP contribution in [0.5, 0.6) is 0 Å². The summed E-state index contributed by atoms with van der Waals surface area (Å²) < 4.78 is 0. The smallest absolute Gasteiger partial charge is 0.0705 e. The molecule has 78 heavy (non-hydrogen) atoms. The quantitative estimate of drug-likeness (QED) is 0.121. The van der Waals surface area contributed by atoms with Crippen LogP contribution in [0, 0.1) is 55.4 Å². The lowest BCUT2D eigenvalue weighted by molar-refractivity contribution is 0.521. The van der Waals surface area contributed by atoms with E-state index in [9.17, 15) is 0 Å². The second kappa shape index (κ2) is 20.4. The molecule has 0 fully saturated rings. The van der Waals surface area contributed by atoms with Crippen LogP contribution in [-0.2, 0) is 10.8 Å². The Labute approximate surface area is 464 Å². The zero-order chi connectivity index (χ0) is 54.6. The molecular weight excluding hydrogens is 945 g/mol. The molecule has 0 atom stereocenters. The molecule has 11 rings (SSSR count). The van der Waals surface area contributed by atoms with Gasteiger partial charge in [0.2, 0.25) is 0 Å². The lowest BCUT2D eigenvalue weighted by atomic mass is 9.59. The molecule has 10 aromatic carbocycles. The average Bonchev–Trinajstić information content (AvgIpc) is 3.60. The number of aryl methyl sites for hydroxylation is 8. The van der Waals surface area contributed by atoms with Crippen molar-refractivity contribution in [2.24, 2.45) is 0 Å². The highest BCUT2D eigenvalue weighted by molar-refractivity contribution is 5.97. The van der Waals surface area contributed by atoms with Crippen LogP contribution < -0.4 is 19.6 Å². The van der Waals surface area contributed by atoms with E-state index in [1.807, 2.05) is 0 Å². The maximum absolute atomic E-state index is 2.57. The molecule has 0 spiro atoms. The summed E-state index contributed by atoms with van der Waals surface area (Å²) in [4.78, 5) is 10.2. The average molecular weight is 1020 g/mol. The standard InChI is InChI=1S/C74H72N4/c1-49-29-13-21-37-61(49)75(62-38-22-14-30-50(62)2)69-45-57-58(46-70(69)76(63-39-23-15-31-51(63)3)64-40-24-16-32-52(64)4)74(11,12)60-48-72(78(67-43-27-19-35-55(67)7)68-44-28-20-36-56(68)8)71(47-59(60)73(57,9)10)77(65-41-25-17-33-53(65)5)66-42-26-18-34-54(66)6/h13-48H,1-12H3. The fraction of sp³-hybridized carbons (Fsp3) is 0.189. The highest BCUT2D eigenvalue weighted by atomic mass is 15.2. The number of fused-ring (bicyclic) bond motifs is 2. The predicted octanol–water partition coefficient (Wildman–Crippen LogP) is 21.0. The Morgan fingerprint density at radius 1 is 0.192 bits per heavy atom. The largest absolute Gasteiger partial charge is 0.308 e. The van der Waals surface area contributed by atoms with Crippen molar-refractivity contribution < 1.29 is 0 Å². The molecule has 1 aliphatic rings. The fourth-order valence-electron chi connectivity index (χ4n) is 12.3. The zero-order valence-electron chi connectivity index (χ0n) is 47.6. The number of nitrogens with zero attached hydrogens (tertiary/aromatic N) is 4. The van der Waals surface area contributed by atoms with Gasteiger partial charge < -0.3 is 19.6 Å². The summed E-state index contributed by atoms with van der Waals surface area (Å²) in [7, 11) is 0. The lowest BCUT2D eigenvalue weighted by Gasteiger charge is -2.47. The van der Waals surface area contributed by atoms with Crippen LogP contribution in [-0.4, -0.2) is 0 Å². The van der Waals surface area contributed by atoms with Crippen molar-refractivity contribution in [2.75, 3.05) is 19.6 Å². The van der Waals surface area contributed by atoms with Gasteiger partial charge in [-0.2, -0.15) is 0 Å². The molecule has 0 aromatic heterocycles. The molecule has 0 bridgehead atoms. The van der Waals surface area contributed by atoms with Crippen molar-refractivity contribution in [3.8, 4) is 0 Å². The third kappa shape index (κ3) is 8.83. The van der Waals surface area contributed by atoms with Crippen molar-refractivity contribution in [3.63, 3.8) is 0 Å². The second-order valence-corrected chi connectivity index (χ2v) is 22.7. The first-order chi connectivity index (χ1) is 37.6. The topological polar surface area (TPSA) is 13.0 Å². The number of rotatable bonds is 12. The number of hydrogen-bond acceptors (Lipinski definition) is 4. The zero-order valence-corrected chi connectivity index (χ0v) is 47.6. The molecule has 0 amide bonds. The van der Waals surface area contributed by atoms with Gasteiger partial charge in [-0.3, -0.25) is 0 Å². The van der Waals surface area contributed by atoms with Gasteiger partial charge in [0, 0.05) is 56.3 Å². The van der Waals surface area contributed by atoms with Crippen LogP contribution in [0.25, 0.3) is 0 Å². The van der Waals surface area contributed by atoms with E-state index in [0.29, 0.717) is 0 Å². The van der Waals surface area contributed by atoms with E-state index in [2.05, 4.69) is 321 Å². The summed E-state index contributed by atoms with van der Waals surface area (Å²) in [6.45, 7) is 27.8. The van der Waals surface area contributed by atoms with Crippen LogP contribution in [0.3, 0.4) is 0 Å². The summed E-state index contributed by atoms with van der Waals surface area (Å²) in [6, 6.07) is 81.2. The van der Waals surface area contributed by atoms with Gasteiger partial charge in [-0.25, -0.2) is 0 Å². The molecule has 0 N–H and O–H groups in total.